The van der Waals surface area contributed by atoms with E-state index in [1.54, 1.807) is 0 Å². The van der Waals surface area contributed by atoms with Crippen molar-refractivity contribution in [2.45, 2.75) is 13.3 Å². The van der Waals surface area contributed by atoms with Gasteiger partial charge in [-0.1, -0.05) is 19.1 Å². The largest absolute Gasteiger partial charge is 0.464 e. The molecule has 0 radical (unpaired) electrons. The van der Waals surface area contributed by atoms with Crippen LogP contribution < -0.4 is 4.74 Å². The zero-order valence-electron chi connectivity index (χ0n) is 10.8. The number of aromatic nitrogens is 2. The third kappa shape index (κ3) is 3.28. The van der Waals surface area contributed by atoms with Crippen LogP contribution in [-0.4, -0.2) is 23.0 Å². The van der Waals surface area contributed by atoms with Crippen molar-refractivity contribution in [1.82, 2.24) is 9.97 Å². The molecular weight excluding hydrogens is 244 g/mol. The molecule has 2 aromatic rings. The Kier molecular flexibility index (Phi) is 4.07. The Morgan fingerprint density at radius 1 is 1.26 bits per heavy atom. The molecule has 2 rings (SSSR count). The molecule has 0 spiro atoms. The van der Waals surface area contributed by atoms with E-state index >= 15 is 0 Å². The molecule has 0 unspecified atom stereocenters. The number of methoxy groups -OCH3 is 1. The van der Waals surface area contributed by atoms with Gasteiger partial charge in [0.1, 0.15) is 5.75 Å². The number of carbonyl (C=O) groups is 1. The van der Waals surface area contributed by atoms with Gasteiger partial charge in [-0.15, -0.1) is 0 Å². The van der Waals surface area contributed by atoms with Gasteiger partial charge in [0.25, 0.3) is 0 Å². The van der Waals surface area contributed by atoms with Crippen LogP contribution in [0.15, 0.2) is 36.7 Å². The van der Waals surface area contributed by atoms with Gasteiger partial charge in [0, 0.05) is 0 Å². The van der Waals surface area contributed by atoms with E-state index in [4.69, 9.17) is 4.74 Å². The van der Waals surface area contributed by atoms with Crippen LogP contribution in [0, 0.1) is 0 Å². The van der Waals surface area contributed by atoms with Gasteiger partial charge in [-0.2, -0.15) is 0 Å². The summed E-state index contributed by atoms with van der Waals surface area (Å²) in [5.41, 5.74) is 1.33. The summed E-state index contributed by atoms with van der Waals surface area (Å²) in [6, 6.07) is 7.73. The molecule has 0 saturated carbocycles. The smallest absolute Gasteiger partial charge is 0.358 e. The lowest BCUT2D eigenvalue weighted by atomic mass is 10.2. The second kappa shape index (κ2) is 5.95. The van der Waals surface area contributed by atoms with Gasteiger partial charge >= 0.3 is 5.97 Å². The Hall–Kier alpha value is -2.43. The normalized spacial score (nSPS) is 10.0. The monoisotopic (exact) mass is 258 g/mol. The first-order chi connectivity index (χ1) is 9.22. The summed E-state index contributed by atoms with van der Waals surface area (Å²) in [7, 11) is 1.30. The van der Waals surface area contributed by atoms with Crippen LogP contribution in [0.25, 0.3) is 0 Å². The summed E-state index contributed by atoms with van der Waals surface area (Å²) in [5.74, 6) is 0.507. The van der Waals surface area contributed by atoms with Gasteiger partial charge < -0.3 is 9.47 Å². The van der Waals surface area contributed by atoms with Gasteiger partial charge in [0.2, 0.25) is 5.88 Å². The zero-order chi connectivity index (χ0) is 13.7. The molecule has 0 aliphatic rings. The number of hydrogen-bond acceptors (Lipinski definition) is 5. The van der Waals surface area contributed by atoms with E-state index in [0.717, 1.165) is 6.42 Å². The summed E-state index contributed by atoms with van der Waals surface area (Å²) in [4.78, 5) is 19.1. The lowest BCUT2D eigenvalue weighted by Gasteiger charge is -2.06. The number of benzene rings is 1. The van der Waals surface area contributed by atoms with E-state index in [1.165, 1.54) is 25.1 Å². The topological polar surface area (TPSA) is 61.3 Å². The lowest BCUT2D eigenvalue weighted by Crippen LogP contribution is -2.04. The van der Waals surface area contributed by atoms with Crippen LogP contribution in [0.4, 0.5) is 0 Å². The molecule has 5 heteroatoms. The fraction of sp³-hybridized carbons (Fsp3) is 0.214. The van der Waals surface area contributed by atoms with Gasteiger partial charge in [0.05, 0.1) is 19.5 Å². The van der Waals surface area contributed by atoms with E-state index in [2.05, 4.69) is 21.6 Å². The minimum Gasteiger partial charge on any atom is -0.464 e. The summed E-state index contributed by atoms with van der Waals surface area (Å²) in [6.07, 6.45) is 3.65. The zero-order valence-corrected chi connectivity index (χ0v) is 10.8. The predicted octanol–water partition coefficient (Wildman–Crippen LogP) is 2.62. The molecule has 1 aromatic carbocycles. The molecular formula is C14H14N2O3. The van der Waals surface area contributed by atoms with E-state index in [0.29, 0.717) is 11.6 Å². The number of ether oxygens (including phenoxy) is 2. The fourth-order valence-electron chi connectivity index (χ4n) is 1.53. The summed E-state index contributed by atoms with van der Waals surface area (Å²) >= 11 is 0. The highest BCUT2D eigenvalue weighted by Crippen LogP contribution is 2.20. The van der Waals surface area contributed by atoms with Gasteiger partial charge in [0.15, 0.2) is 5.69 Å². The number of hydrogen-bond donors (Lipinski definition) is 0. The molecule has 0 aliphatic heterocycles. The van der Waals surface area contributed by atoms with Crippen LogP contribution in [0.5, 0.6) is 11.6 Å². The number of carbonyl (C=O) groups excluding carboxylic acids is 1. The van der Waals surface area contributed by atoms with Crippen LogP contribution in [0.3, 0.4) is 0 Å². The van der Waals surface area contributed by atoms with Crippen LogP contribution in [-0.2, 0) is 11.2 Å². The maximum absolute atomic E-state index is 11.2. The maximum atomic E-state index is 11.2. The number of nitrogens with zero attached hydrogens (tertiary/aromatic N) is 2. The first kappa shape index (κ1) is 13.0. The van der Waals surface area contributed by atoms with Crippen LogP contribution in [0.2, 0.25) is 0 Å². The van der Waals surface area contributed by atoms with Gasteiger partial charge in [-0.3, -0.25) is 0 Å². The van der Waals surface area contributed by atoms with Crippen molar-refractivity contribution < 1.29 is 14.3 Å². The standard InChI is InChI=1S/C14H14N2O3/c1-3-10-5-4-6-11(7-10)19-13-9-15-12(8-16-13)14(17)18-2/h4-9H,3H2,1-2H3. The minimum absolute atomic E-state index is 0.150. The molecule has 0 saturated heterocycles. The molecule has 0 amide bonds. The molecule has 0 fully saturated rings. The third-order valence-electron chi connectivity index (χ3n) is 2.55. The Labute approximate surface area is 111 Å². The average molecular weight is 258 g/mol. The SMILES string of the molecule is CCc1cccc(Oc2cnc(C(=O)OC)cn2)c1. The molecule has 0 bridgehead atoms. The van der Waals surface area contributed by atoms with Crippen molar-refractivity contribution in [2.75, 3.05) is 7.11 Å². The minimum atomic E-state index is -0.521. The molecule has 19 heavy (non-hydrogen) atoms. The van der Waals surface area contributed by atoms with Crippen LogP contribution in [0.1, 0.15) is 23.0 Å². The van der Waals surface area contributed by atoms with Crippen LogP contribution >= 0.6 is 0 Å². The van der Waals surface area contributed by atoms with E-state index in [9.17, 15) is 4.79 Å². The molecule has 1 aromatic heterocycles. The number of esters is 1. The Balaban J connectivity index is 2.12. The summed E-state index contributed by atoms with van der Waals surface area (Å²) < 4.78 is 10.1. The van der Waals surface area contributed by atoms with Gasteiger partial charge in [-0.05, 0) is 24.1 Å². The summed E-state index contributed by atoms with van der Waals surface area (Å²) in [5, 5.41) is 0. The maximum Gasteiger partial charge on any atom is 0.358 e. The van der Waals surface area contributed by atoms with E-state index < -0.39 is 5.97 Å². The highest BCUT2D eigenvalue weighted by Gasteiger charge is 2.08. The molecule has 98 valence electrons. The van der Waals surface area contributed by atoms with Crippen molar-refractivity contribution in [2.24, 2.45) is 0 Å². The second-order valence-electron chi connectivity index (χ2n) is 3.83. The quantitative estimate of drug-likeness (QED) is 0.789. The van der Waals surface area contributed by atoms with Crippen molar-refractivity contribution in [1.29, 1.82) is 0 Å². The Bertz CT molecular complexity index is 567. The molecule has 5 nitrogen and oxygen atoms in total. The van der Waals surface area contributed by atoms with Crippen molar-refractivity contribution in [3.63, 3.8) is 0 Å². The Morgan fingerprint density at radius 3 is 2.74 bits per heavy atom. The molecule has 0 N–H and O–H groups in total. The van der Waals surface area contributed by atoms with Crippen molar-refractivity contribution >= 4 is 5.97 Å². The first-order valence-electron chi connectivity index (χ1n) is 5.90. The highest BCUT2D eigenvalue weighted by molar-refractivity contribution is 5.86. The van der Waals surface area contributed by atoms with Gasteiger partial charge in [-0.25, -0.2) is 14.8 Å². The predicted molar refractivity (Wildman–Crippen MR) is 69.3 cm³/mol. The average Bonchev–Trinajstić information content (AvgIpc) is 2.47. The first-order valence-corrected chi connectivity index (χ1v) is 5.90. The molecule has 0 aliphatic carbocycles. The summed E-state index contributed by atoms with van der Waals surface area (Å²) in [6.45, 7) is 2.07. The van der Waals surface area contributed by atoms with Crippen molar-refractivity contribution in [3.8, 4) is 11.6 Å². The molecule has 0 atom stereocenters. The van der Waals surface area contributed by atoms with E-state index in [-0.39, 0.29) is 5.69 Å². The fourth-order valence-corrected chi connectivity index (χ4v) is 1.53. The lowest BCUT2D eigenvalue weighted by molar-refractivity contribution is 0.0593. The van der Waals surface area contributed by atoms with E-state index in [1.807, 2.05) is 24.3 Å². The second-order valence-corrected chi connectivity index (χ2v) is 3.83. The third-order valence-corrected chi connectivity index (χ3v) is 2.55. The number of rotatable bonds is 4. The number of aryl methyl sites for hydroxylation is 1. The Morgan fingerprint density at radius 2 is 2.11 bits per heavy atom. The highest BCUT2D eigenvalue weighted by atomic mass is 16.5. The van der Waals surface area contributed by atoms with Crippen molar-refractivity contribution in [3.05, 3.63) is 47.9 Å². The molecule has 1 heterocycles.